The molecule has 0 aliphatic heterocycles. The maximum absolute atomic E-state index is 14.8. The van der Waals surface area contributed by atoms with Crippen LogP contribution in [0.3, 0.4) is 0 Å². The van der Waals surface area contributed by atoms with E-state index in [0.29, 0.717) is 24.7 Å². The van der Waals surface area contributed by atoms with Crippen LogP contribution in [0.1, 0.15) is 93.7 Å². The molecule has 1 nitrogen and oxygen atoms in total. The normalized spacial score (nSPS) is 24.6. The second-order valence-electron chi connectivity index (χ2n) is 10.9. The van der Waals surface area contributed by atoms with E-state index in [2.05, 4.69) is 11.7 Å². The first-order chi connectivity index (χ1) is 18.3. The van der Waals surface area contributed by atoms with Gasteiger partial charge in [0.2, 0.25) is 0 Å². The minimum absolute atomic E-state index is 0.112. The Morgan fingerprint density at radius 3 is 1.59 bits per heavy atom. The minimum Gasteiger partial charge on any atom is -0.429 e. The lowest BCUT2D eigenvalue weighted by Gasteiger charge is -2.38. The minimum atomic E-state index is -5.42. The van der Waals surface area contributed by atoms with Crippen LogP contribution in [0, 0.1) is 41.0 Å². The summed E-state index contributed by atoms with van der Waals surface area (Å²) < 4.78 is 129. The Morgan fingerprint density at radius 2 is 1.13 bits per heavy atom. The highest BCUT2D eigenvalue weighted by Gasteiger charge is 2.43. The molecule has 4 rings (SSSR count). The summed E-state index contributed by atoms with van der Waals surface area (Å²) >= 11 is 0. The van der Waals surface area contributed by atoms with Crippen LogP contribution in [-0.4, -0.2) is 0 Å². The fourth-order valence-corrected chi connectivity index (χ4v) is 6.47. The van der Waals surface area contributed by atoms with Crippen LogP contribution < -0.4 is 4.74 Å². The van der Waals surface area contributed by atoms with Crippen molar-refractivity contribution in [1.82, 2.24) is 0 Å². The van der Waals surface area contributed by atoms with Crippen LogP contribution in [-0.2, 0) is 12.3 Å². The van der Waals surface area contributed by atoms with Crippen molar-refractivity contribution < 1.29 is 44.3 Å². The van der Waals surface area contributed by atoms with E-state index in [1.165, 1.54) is 38.5 Å². The molecule has 2 saturated carbocycles. The maximum atomic E-state index is 14.8. The molecule has 0 saturated heterocycles. The molecule has 0 spiro atoms. The standard InChI is InChI=1S/C29H31F9O/c1-2-3-16-4-6-17(7-5-16)18-8-10-19(11-9-18)20-12-22(30)27(23(31)13-20)29(37,38)39-21-14-24(32)26(25(33)15-21)28(34,35)36/h12-19H,2-11H2,1H3/t16-,17-,18-,19-. The summed E-state index contributed by atoms with van der Waals surface area (Å²) in [4.78, 5) is 0. The van der Waals surface area contributed by atoms with Gasteiger partial charge in [-0.15, -0.1) is 0 Å². The van der Waals surface area contributed by atoms with E-state index in [4.69, 9.17) is 0 Å². The number of rotatable bonds is 7. The smallest absolute Gasteiger partial charge is 0.429 e. The van der Waals surface area contributed by atoms with Crippen LogP contribution >= 0.6 is 0 Å². The largest absolute Gasteiger partial charge is 0.432 e. The fraction of sp³-hybridized carbons (Fsp3) is 0.586. The first-order valence-corrected chi connectivity index (χ1v) is 13.4. The molecule has 216 valence electrons. The molecule has 2 fully saturated rings. The monoisotopic (exact) mass is 566 g/mol. The van der Waals surface area contributed by atoms with Gasteiger partial charge in [-0.05, 0) is 79.9 Å². The summed E-state index contributed by atoms with van der Waals surface area (Å²) in [6, 6.07) is 1.40. The van der Waals surface area contributed by atoms with Gasteiger partial charge in [-0.1, -0.05) is 32.6 Å². The number of ether oxygens (including phenoxy) is 1. The van der Waals surface area contributed by atoms with Gasteiger partial charge in [0.15, 0.2) is 0 Å². The van der Waals surface area contributed by atoms with Gasteiger partial charge >= 0.3 is 12.3 Å². The highest BCUT2D eigenvalue weighted by Crippen LogP contribution is 2.46. The van der Waals surface area contributed by atoms with Gasteiger partial charge in [0.05, 0.1) is 0 Å². The average Bonchev–Trinajstić information content (AvgIpc) is 2.82. The van der Waals surface area contributed by atoms with Gasteiger partial charge in [0.1, 0.15) is 40.1 Å². The molecule has 0 unspecified atom stereocenters. The van der Waals surface area contributed by atoms with Crippen molar-refractivity contribution in [2.75, 3.05) is 0 Å². The summed E-state index contributed by atoms with van der Waals surface area (Å²) in [6.45, 7) is 2.20. The van der Waals surface area contributed by atoms with Gasteiger partial charge in [-0.25, -0.2) is 17.6 Å². The second-order valence-corrected chi connectivity index (χ2v) is 10.9. The Balaban J connectivity index is 1.44. The van der Waals surface area contributed by atoms with Gasteiger partial charge in [0.25, 0.3) is 0 Å². The zero-order valence-corrected chi connectivity index (χ0v) is 21.5. The molecule has 0 radical (unpaired) electrons. The molecule has 0 N–H and O–H groups in total. The van der Waals surface area contributed by atoms with E-state index < -0.39 is 52.4 Å². The number of halogens is 9. The van der Waals surface area contributed by atoms with Crippen molar-refractivity contribution in [3.05, 3.63) is 64.2 Å². The Morgan fingerprint density at radius 1 is 0.667 bits per heavy atom. The molecule has 2 aliphatic rings. The van der Waals surface area contributed by atoms with E-state index in [1.807, 2.05) is 0 Å². The molecular weight excluding hydrogens is 535 g/mol. The Bertz CT molecular complexity index is 1100. The lowest BCUT2D eigenvalue weighted by atomic mass is 9.68. The third-order valence-corrected chi connectivity index (χ3v) is 8.40. The van der Waals surface area contributed by atoms with Crippen LogP contribution in [0.5, 0.6) is 5.75 Å². The predicted octanol–water partition coefficient (Wildman–Crippen LogP) is 10.3. The lowest BCUT2D eigenvalue weighted by molar-refractivity contribution is -0.189. The van der Waals surface area contributed by atoms with Gasteiger partial charge < -0.3 is 4.74 Å². The first kappa shape index (κ1) is 29.6. The quantitative estimate of drug-likeness (QED) is 0.303. The van der Waals surface area contributed by atoms with Crippen LogP contribution in [0.15, 0.2) is 24.3 Å². The Labute approximate surface area is 221 Å². The fourth-order valence-electron chi connectivity index (χ4n) is 6.47. The van der Waals surface area contributed by atoms with Crippen molar-refractivity contribution in [1.29, 1.82) is 0 Å². The van der Waals surface area contributed by atoms with Gasteiger partial charge in [0, 0.05) is 12.1 Å². The third-order valence-electron chi connectivity index (χ3n) is 8.40. The van der Waals surface area contributed by atoms with E-state index in [9.17, 15) is 39.5 Å². The third kappa shape index (κ3) is 6.68. The van der Waals surface area contributed by atoms with Crippen LogP contribution in [0.4, 0.5) is 39.5 Å². The van der Waals surface area contributed by atoms with Gasteiger partial charge in [-0.2, -0.15) is 22.0 Å². The zero-order chi connectivity index (χ0) is 28.5. The highest BCUT2D eigenvalue weighted by molar-refractivity contribution is 5.35. The van der Waals surface area contributed by atoms with Crippen molar-refractivity contribution >= 4 is 0 Å². The predicted molar refractivity (Wildman–Crippen MR) is 127 cm³/mol. The van der Waals surface area contributed by atoms with Crippen LogP contribution in [0.25, 0.3) is 0 Å². The molecule has 0 bridgehead atoms. The number of hydrogen-bond donors (Lipinski definition) is 0. The molecule has 2 aromatic rings. The van der Waals surface area contributed by atoms with E-state index in [1.54, 1.807) is 0 Å². The maximum Gasteiger partial charge on any atom is 0.432 e. The van der Waals surface area contributed by atoms with Crippen molar-refractivity contribution in [2.24, 2.45) is 17.8 Å². The molecule has 2 aromatic carbocycles. The number of alkyl halides is 5. The van der Waals surface area contributed by atoms with Crippen molar-refractivity contribution in [3.8, 4) is 5.75 Å². The average molecular weight is 567 g/mol. The van der Waals surface area contributed by atoms with E-state index in [-0.39, 0.29) is 23.6 Å². The van der Waals surface area contributed by atoms with E-state index in [0.717, 1.165) is 30.9 Å². The molecule has 0 aromatic heterocycles. The molecular formula is C29H31F9O. The SMILES string of the molecule is CCC[C@H]1CC[C@H]([C@H]2CC[C@H](c3cc(F)c(C(F)(F)Oc4cc(F)c(C(F)(F)F)c(F)c4)c(F)c3)CC2)CC1. The molecule has 39 heavy (non-hydrogen) atoms. The molecule has 0 atom stereocenters. The summed E-state index contributed by atoms with van der Waals surface area (Å²) in [7, 11) is 0. The highest BCUT2D eigenvalue weighted by atomic mass is 19.4. The molecule has 0 heterocycles. The topological polar surface area (TPSA) is 9.23 Å². The molecule has 2 aliphatic carbocycles. The molecule has 10 heteroatoms. The molecule has 0 amide bonds. The Hall–Kier alpha value is -2.39. The first-order valence-electron chi connectivity index (χ1n) is 13.4. The van der Waals surface area contributed by atoms with Gasteiger partial charge in [-0.3, -0.25) is 0 Å². The van der Waals surface area contributed by atoms with Crippen LogP contribution in [0.2, 0.25) is 0 Å². The Kier molecular flexibility index (Phi) is 8.81. The summed E-state index contributed by atoms with van der Waals surface area (Å²) in [6.07, 6.45) is 0.271. The zero-order valence-electron chi connectivity index (χ0n) is 21.5. The number of benzene rings is 2. The summed E-state index contributed by atoms with van der Waals surface area (Å²) in [5.74, 6) is -7.20. The second kappa shape index (κ2) is 11.6. The lowest BCUT2D eigenvalue weighted by Crippen LogP contribution is -2.27. The number of hydrogen-bond acceptors (Lipinski definition) is 1. The summed E-state index contributed by atoms with van der Waals surface area (Å²) in [5.41, 5.74) is -3.84. The summed E-state index contributed by atoms with van der Waals surface area (Å²) in [5, 5.41) is 0. The van der Waals surface area contributed by atoms with E-state index >= 15 is 0 Å². The van der Waals surface area contributed by atoms with Crippen molar-refractivity contribution in [3.63, 3.8) is 0 Å². The van der Waals surface area contributed by atoms with Crippen molar-refractivity contribution in [2.45, 2.75) is 89.3 Å².